The van der Waals surface area contributed by atoms with Gasteiger partial charge in [0.05, 0.1) is 26.9 Å². The van der Waals surface area contributed by atoms with E-state index in [2.05, 4.69) is 20.0 Å². The minimum atomic E-state index is -3.80. The average molecular weight is 514 g/mol. The van der Waals surface area contributed by atoms with Crippen LogP contribution >= 0.6 is 0 Å². The number of methoxy groups -OCH3 is 3. The van der Waals surface area contributed by atoms with Crippen LogP contribution in [0.4, 0.5) is 0 Å². The van der Waals surface area contributed by atoms with Crippen molar-refractivity contribution in [3.8, 4) is 34.5 Å². The highest BCUT2D eigenvalue weighted by molar-refractivity contribution is 7.89. The van der Waals surface area contributed by atoms with Crippen molar-refractivity contribution in [2.75, 3.05) is 34.5 Å². The number of aryl methyl sites for hydroxylation is 2. The molecule has 0 saturated carbocycles. The Kier molecular flexibility index (Phi) is 7.27. The molecule has 2 aromatic carbocycles. The molecule has 190 valence electrons. The largest absolute Gasteiger partial charge is 0.497 e. The van der Waals surface area contributed by atoms with Gasteiger partial charge in [-0.05, 0) is 55.3 Å². The highest BCUT2D eigenvalue weighted by Crippen LogP contribution is 2.32. The molecule has 0 aliphatic carbocycles. The molecular weight excluding hydrogens is 486 g/mol. The fourth-order valence-electron chi connectivity index (χ4n) is 3.54. The summed E-state index contributed by atoms with van der Waals surface area (Å²) in [5, 5.41) is 12.8. The minimum Gasteiger partial charge on any atom is -0.497 e. The van der Waals surface area contributed by atoms with Crippen molar-refractivity contribution in [2.24, 2.45) is 0 Å². The Morgan fingerprint density at radius 1 is 0.889 bits per heavy atom. The zero-order chi connectivity index (χ0) is 25.9. The van der Waals surface area contributed by atoms with Gasteiger partial charge in [-0.2, -0.15) is 4.52 Å². The minimum absolute atomic E-state index is 0.0272. The second kappa shape index (κ2) is 10.4. The van der Waals surface area contributed by atoms with E-state index in [1.807, 2.05) is 13.8 Å². The van der Waals surface area contributed by atoms with Crippen molar-refractivity contribution in [1.82, 2.24) is 24.5 Å². The molecule has 2 aromatic heterocycles. The molecule has 0 bridgehead atoms. The van der Waals surface area contributed by atoms with Gasteiger partial charge >= 0.3 is 0 Å². The third kappa shape index (κ3) is 5.04. The fraction of sp³-hybridized carbons (Fsp3) is 0.292. The first kappa shape index (κ1) is 25.2. The monoisotopic (exact) mass is 513 g/mol. The van der Waals surface area contributed by atoms with E-state index in [4.69, 9.17) is 18.9 Å². The molecule has 0 fully saturated rings. The maximum Gasteiger partial charge on any atom is 0.244 e. The van der Waals surface area contributed by atoms with E-state index in [0.29, 0.717) is 28.5 Å². The normalized spacial score (nSPS) is 11.5. The molecular formula is C24H27N5O6S. The Bertz CT molecular complexity index is 1500. The second-order valence-corrected chi connectivity index (χ2v) is 9.60. The lowest BCUT2D eigenvalue weighted by atomic mass is 10.1. The summed E-state index contributed by atoms with van der Waals surface area (Å²) in [6.07, 6.45) is 0. The van der Waals surface area contributed by atoms with Gasteiger partial charge in [-0.25, -0.2) is 13.1 Å². The van der Waals surface area contributed by atoms with Crippen molar-refractivity contribution < 1.29 is 27.4 Å². The van der Waals surface area contributed by atoms with Crippen LogP contribution in [0.2, 0.25) is 0 Å². The fourth-order valence-corrected chi connectivity index (χ4v) is 4.79. The summed E-state index contributed by atoms with van der Waals surface area (Å²) in [5.74, 6) is 2.21. The van der Waals surface area contributed by atoms with Crippen LogP contribution in [-0.4, -0.2) is 62.7 Å². The third-order valence-corrected chi connectivity index (χ3v) is 7.08. The summed E-state index contributed by atoms with van der Waals surface area (Å²) in [5.41, 5.74) is 2.97. The van der Waals surface area contributed by atoms with Gasteiger partial charge in [-0.1, -0.05) is 0 Å². The first-order chi connectivity index (χ1) is 17.3. The molecule has 11 nitrogen and oxygen atoms in total. The van der Waals surface area contributed by atoms with Crippen molar-refractivity contribution in [3.05, 3.63) is 53.6 Å². The SMILES string of the molecule is COc1ccc(-c2nnc3ccc(OCCNS(=O)(=O)c4cc(C)c(C)cc4OC)nn23)c(OC)c1. The van der Waals surface area contributed by atoms with E-state index >= 15 is 0 Å². The van der Waals surface area contributed by atoms with Gasteiger partial charge < -0.3 is 18.9 Å². The summed E-state index contributed by atoms with van der Waals surface area (Å²) in [6, 6.07) is 12.0. The van der Waals surface area contributed by atoms with Gasteiger partial charge in [0.15, 0.2) is 11.5 Å². The third-order valence-electron chi connectivity index (χ3n) is 5.60. The molecule has 0 spiro atoms. The quantitative estimate of drug-likeness (QED) is 0.319. The molecule has 0 saturated heterocycles. The van der Waals surface area contributed by atoms with E-state index in [1.54, 1.807) is 56.7 Å². The Morgan fingerprint density at radius 3 is 2.36 bits per heavy atom. The summed E-state index contributed by atoms with van der Waals surface area (Å²) in [4.78, 5) is 0.0789. The maximum atomic E-state index is 12.8. The van der Waals surface area contributed by atoms with E-state index in [9.17, 15) is 8.42 Å². The van der Waals surface area contributed by atoms with Crippen LogP contribution in [0.3, 0.4) is 0 Å². The number of hydrogen-bond donors (Lipinski definition) is 1. The topological polar surface area (TPSA) is 126 Å². The van der Waals surface area contributed by atoms with Crippen molar-refractivity contribution in [2.45, 2.75) is 18.7 Å². The average Bonchev–Trinajstić information content (AvgIpc) is 3.30. The maximum absolute atomic E-state index is 12.8. The van der Waals surface area contributed by atoms with Crippen LogP contribution in [-0.2, 0) is 10.0 Å². The molecule has 0 amide bonds. The number of fused-ring (bicyclic) bond motifs is 1. The molecule has 4 rings (SSSR count). The molecule has 0 unspecified atom stereocenters. The summed E-state index contributed by atoms with van der Waals surface area (Å²) in [7, 11) is 0.763. The van der Waals surface area contributed by atoms with E-state index in [0.717, 1.165) is 11.1 Å². The van der Waals surface area contributed by atoms with Gasteiger partial charge in [0, 0.05) is 18.7 Å². The number of ether oxygens (including phenoxy) is 4. The number of sulfonamides is 1. The van der Waals surface area contributed by atoms with Gasteiger partial charge in [-0.3, -0.25) is 0 Å². The summed E-state index contributed by atoms with van der Waals surface area (Å²) < 4.78 is 51.4. The number of benzene rings is 2. The summed E-state index contributed by atoms with van der Waals surface area (Å²) in [6.45, 7) is 3.82. The molecule has 12 heteroatoms. The van der Waals surface area contributed by atoms with Crippen LogP contribution in [0.1, 0.15) is 11.1 Å². The first-order valence-electron chi connectivity index (χ1n) is 11.0. The number of aromatic nitrogens is 4. The predicted molar refractivity (Wildman–Crippen MR) is 132 cm³/mol. The molecule has 1 N–H and O–H groups in total. The number of rotatable bonds is 10. The Hall–Kier alpha value is -3.90. The lowest BCUT2D eigenvalue weighted by molar-refractivity contribution is 0.305. The van der Waals surface area contributed by atoms with Crippen LogP contribution in [0, 0.1) is 13.8 Å². The highest BCUT2D eigenvalue weighted by atomic mass is 32.2. The standard InChI is InChI=1S/C24H27N5O6S/c1-15-12-20(34-5)21(13-16(15)2)36(30,31)25-10-11-35-23-9-8-22-26-27-24(29(22)28-23)18-7-6-17(32-3)14-19(18)33-4/h6-9,12-14,25H,10-11H2,1-5H3. The van der Waals surface area contributed by atoms with Gasteiger partial charge in [0.2, 0.25) is 15.9 Å². The molecule has 36 heavy (non-hydrogen) atoms. The Balaban J connectivity index is 1.48. The van der Waals surface area contributed by atoms with Crippen LogP contribution in [0.15, 0.2) is 47.4 Å². The first-order valence-corrected chi connectivity index (χ1v) is 12.5. The molecule has 2 heterocycles. The number of nitrogens with zero attached hydrogens (tertiary/aromatic N) is 4. The molecule has 0 aliphatic heterocycles. The van der Waals surface area contributed by atoms with Crippen molar-refractivity contribution in [1.29, 1.82) is 0 Å². The van der Waals surface area contributed by atoms with Gasteiger partial charge in [0.1, 0.15) is 28.8 Å². The zero-order valence-corrected chi connectivity index (χ0v) is 21.4. The summed E-state index contributed by atoms with van der Waals surface area (Å²) >= 11 is 0. The molecule has 4 aromatic rings. The van der Waals surface area contributed by atoms with Crippen LogP contribution < -0.4 is 23.7 Å². The molecule has 0 radical (unpaired) electrons. The number of nitrogens with one attached hydrogen (secondary N) is 1. The van der Waals surface area contributed by atoms with Crippen LogP contribution in [0.25, 0.3) is 17.0 Å². The second-order valence-electron chi connectivity index (χ2n) is 7.86. The zero-order valence-electron chi connectivity index (χ0n) is 20.6. The lowest BCUT2D eigenvalue weighted by Gasteiger charge is -2.13. The predicted octanol–water partition coefficient (Wildman–Crippen LogP) is 2.79. The lowest BCUT2D eigenvalue weighted by Crippen LogP contribution is -2.29. The Labute approximate surface area is 209 Å². The number of hydrogen-bond acceptors (Lipinski definition) is 9. The van der Waals surface area contributed by atoms with E-state index in [1.165, 1.54) is 11.6 Å². The van der Waals surface area contributed by atoms with Gasteiger partial charge in [0.25, 0.3) is 0 Å². The van der Waals surface area contributed by atoms with E-state index < -0.39 is 10.0 Å². The van der Waals surface area contributed by atoms with Crippen molar-refractivity contribution >= 4 is 15.7 Å². The molecule has 0 atom stereocenters. The van der Waals surface area contributed by atoms with E-state index in [-0.39, 0.29) is 29.7 Å². The highest BCUT2D eigenvalue weighted by Gasteiger charge is 2.20. The van der Waals surface area contributed by atoms with Gasteiger partial charge in [-0.15, -0.1) is 15.3 Å². The van der Waals surface area contributed by atoms with Crippen LogP contribution in [0.5, 0.6) is 23.1 Å². The van der Waals surface area contributed by atoms with Crippen molar-refractivity contribution in [3.63, 3.8) is 0 Å². The Morgan fingerprint density at radius 2 is 1.64 bits per heavy atom. The molecule has 0 aliphatic rings. The smallest absolute Gasteiger partial charge is 0.244 e.